The Bertz CT molecular complexity index is 1410. The van der Waals surface area contributed by atoms with E-state index < -0.39 is 31.8 Å². The van der Waals surface area contributed by atoms with Gasteiger partial charge in [-0.1, -0.05) is 6.07 Å². The first-order chi connectivity index (χ1) is 19.1. The van der Waals surface area contributed by atoms with Crippen molar-refractivity contribution in [2.24, 2.45) is 0 Å². The van der Waals surface area contributed by atoms with Crippen molar-refractivity contribution in [3.63, 3.8) is 0 Å². The number of nitrogens with one attached hydrogen (secondary N) is 3. The molecule has 40 heavy (non-hydrogen) atoms. The number of aliphatic hydroxyl groups excluding tert-OH is 1. The third-order valence-electron chi connectivity index (χ3n) is 7.43. The summed E-state index contributed by atoms with van der Waals surface area (Å²) < 4.78 is 71.5. The van der Waals surface area contributed by atoms with Crippen LogP contribution in [-0.4, -0.2) is 102 Å². The van der Waals surface area contributed by atoms with Gasteiger partial charge in [0.05, 0.1) is 23.6 Å². The van der Waals surface area contributed by atoms with Gasteiger partial charge in [-0.05, 0) is 38.4 Å². The Hall–Kier alpha value is -2.53. The molecule has 2 fully saturated rings. The molecular formula is C25H35N5O8S2. The molecule has 0 aliphatic carbocycles. The molecule has 0 bridgehead atoms. The number of rotatable bonds is 10. The Morgan fingerprint density at radius 1 is 1.23 bits per heavy atom. The van der Waals surface area contributed by atoms with Crippen molar-refractivity contribution in [1.82, 2.24) is 19.3 Å². The van der Waals surface area contributed by atoms with Gasteiger partial charge < -0.3 is 30.0 Å². The summed E-state index contributed by atoms with van der Waals surface area (Å²) in [7, 11) is -5.96. The van der Waals surface area contributed by atoms with Gasteiger partial charge in [0.25, 0.3) is 0 Å². The largest absolute Gasteiger partial charge is 0.491 e. The van der Waals surface area contributed by atoms with E-state index in [4.69, 9.17) is 14.2 Å². The van der Waals surface area contributed by atoms with Crippen LogP contribution < -0.4 is 24.8 Å². The summed E-state index contributed by atoms with van der Waals surface area (Å²) in [5, 5.41) is 16.8. The number of hydrogen-bond donors (Lipinski definition) is 4. The van der Waals surface area contributed by atoms with Crippen molar-refractivity contribution in [2.75, 3.05) is 58.4 Å². The first-order valence-electron chi connectivity index (χ1n) is 13.2. The standard InChI is InChI=1S/C25H35N5O8S2/c1-26-39(32,33)21-4-2-3-20(11-21)37-17-19(31)14-28-18-13-25(38-16-18)5-8-30(9-6-25)40(34,35)22-12-23-24(29-15-22)27-7-10-36-23/h2-4,11-12,15,18-19,26,28,31H,5-10,13-14,16-17H2,1H3,(H,27,29)/t18-,19?/m1/s1. The summed E-state index contributed by atoms with van der Waals surface area (Å²) in [6, 6.07) is 7.60. The van der Waals surface area contributed by atoms with Gasteiger partial charge in [-0.2, -0.15) is 4.31 Å². The third-order valence-corrected chi connectivity index (χ3v) is 10.7. The Labute approximate surface area is 234 Å². The van der Waals surface area contributed by atoms with Crippen LogP contribution in [0.1, 0.15) is 19.3 Å². The van der Waals surface area contributed by atoms with Crippen molar-refractivity contribution in [3.05, 3.63) is 36.5 Å². The Balaban J connectivity index is 1.08. The summed E-state index contributed by atoms with van der Waals surface area (Å²) in [6.07, 6.45) is 2.38. The number of anilines is 1. The lowest BCUT2D eigenvalue weighted by Gasteiger charge is -2.38. The van der Waals surface area contributed by atoms with Gasteiger partial charge in [0.1, 0.15) is 30.0 Å². The maximum Gasteiger partial charge on any atom is 0.244 e. The number of sulfonamides is 2. The highest BCUT2D eigenvalue weighted by molar-refractivity contribution is 7.89. The van der Waals surface area contributed by atoms with Gasteiger partial charge in [-0.3, -0.25) is 0 Å². The second-order valence-corrected chi connectivity index (χ2v) is 14.0. The van der Waals surface area contributed by atoms with Gasteiger partial charge in [0, 0.05) is 44.0 Å². The van der Waals surface area contributed by atoms with E-state index in [-0.39, 0.29) is 29.0 Å². The zero-order valence-corrected chi connectivity index (χ0v) is 23.8. The summed E-state index contributed by atoms with van der Waals surface area (Å²) in [4.78, 5) is 4.41. The highest BCUT2D eigenvalue weighted by Gasteiger charge is 2.45. The fourth-order valence-corrected chi connectivity index (χ4v) is 7.32. The van der Waals surface area contributed by atoms with Crippen molar-refractivity contribution in [3.8, 4) is 11.5 Å². The molecule has 2 saturated heterocycles. The number of nitrogens with zero attached hydrogens (tertiary/aromatic N) is 2. The molecule has 3 aliphatic heterocycles. The van der Waals surface area contributed by atoms with E-state index in [0.29, 0.717) is 69.4 Å². The van der Waals surface area contributed by atoms with Crippen LogP contribution in [0, 0.1) is 0 Å². The molecule has 0 saturated carbocycles. The summed E-state index contributed by atoms with van der Waals surface area (Å²) >= 11 is 0. The molecule has 15 heteroatoms. The predicted molar refractivity (Wildman–Crippen MR) is 145 cm³/mol. The Morgan fingerprint density at radius 3 is 2.80 bits per heavy atom. The number of hydrogen-bond acceptors (Lipinski definition) is 11. The Kier molecular flexibility index (Phi) is 8.52. The first-order valence-corrected chi connectivity index (χ1v) is 16.1. The molecule has 1 aromatic heterocycles. The number of ether oxygens (including phenoxy) is 3. The molecule has 4 N–H and O–H groups in total. The van der Waals surface area contributed by atoms with Crippen LogP contribution in [0.5, 0.6) is 11.5 Å². The van der Waals surface area contributed by atoms with Crippen LogP contribution in [0.25, 0.3) is 0 Å². The zero-order chi connectivity index (χ0) is 28.4. The number of pyridine rings is 1. The van der Waals surface area contributed by atoms with Crippen LogP contribution in [-0.2, 0) is 24.8 Å². The molecule has 1 aromatic carbocycles. The van der Waals surface area contributed by atoms with Gasteiger partial charge >= 0.3 is 0 Å². The van der Waals surface area contributed by atoms with Crippen LogP contribution in [0.3, 0.4) is 0 Å². The molecule has 0 radical (unpaired) electrons. The second-order valence-electron chi connectivity index (χ2n) is 10.1. The lowest BCUT2D eigenvalue weighted by molar-refractivity contribution is -0.0312. The highest BCUT2D eigenvalue weighted by Crippen LogP contribution is 2.38. The van der Waals surface area contributed by atoms with E-state index in [1.165, 1.54) is 35.7 Å². The average molecular weight is 598 g/mol. The SMILES string of the molecule is CNS(=O)(=O)c1cccc(OCC(O)CN[C@H]2COC3(CCN(S(=O)(=O)c4cnc5c(c4)OCCN5)CC3)C2)c1. The van der Waals surface area contributed by atoms with E-state index in [1.54, 1.807) is 12.1 Å². The van der Waals surface area contributed by atoms with Crippen molar-refractivity contribution < 1.29 is 36.2 Å². The Morgan fingerprint density at radius 2 is 2.02 bits per heavy atom. The minimum absolute atomic E-state index is 0.0106. The van der Waals surface area contributed by atoms with Gasteiger partial charge in [-0.15, -0.1) is 0 Å². The monoisotopic (exact) mass is 597 g/mol. The van der Waals surface area contributed by atoms with Crippen LogP contribution in [0.15, 0.2) is 46.3 Å². The number of aromatic nitrogens is 1. The summed E-state index contributed by atoms with van der Waals surface area (Å²) in [5.74, 6) is 1.33. The summed E-state index contributed by atoms with van der Waals surface area (Å²) in [5.41, 5.74) is -0.411. The van der Waals surface area contributed by atoms with Gasteiger partial charge in [0.2, 0.25) is 20.0 Å². The van der Waals surface area contributed by atoms with E-state index >= 15 is 0 Å². The van der Waals surface area contributed by atoms with Crippen LogP contribution in [0.2, 0.25) is 0 Å². The highest BCUT2D eigenvalue weighted by atomic mass is 32.2. The molecule has 2 aromatic rings. The molecule has 0 amide bonds. The second kappa shape index (κ2) is 11.8. The molecule has 2 atom stereocenters. The summed E-state index contributed by atoms with van der Waals surface area (Å²) in [6.45, 7) is 2.47. The number of benzene rings is 1. The van der Waals surface area contributed by atoms with Crippen molar-refractivity contribution in [2.45, 2.75) is 46.8 Å². The predicted octanol–water partition coefficient (Wildman–Crippen LogP) is 0.136. The van der Waals surface area contributed by atoms with E-state index in [2.05, 4.69) is 20.3 Å². The van der Waals surface area contributed by atoms with Crippen LogP contribution >= 0.6 is 0 Å². The zero-order valence-electron chi connectivity index (χ0n) is 22.2. The smallest absolute Gasteiger partial charge is 0.244 e. The molecule has 3 aliphatic rings. The topological polar surface area (TPSA) is 168 Å². The van der Waals surface area contributed by atoms with Crippen LogP contribution in [0.4, 0.5) is 5.82 Å². The molecule has 1 unspecified atom stereocenters. The minimum atomic E-state index is -3.71. The number of fused-ring (bicyclic) bond motifs is 1. The van der Waals surface area contributed by atoms with Gasteiger partial charge in [-0.25, -0.2) is 26.5 Å². The normalized spacial score (nSPS) is 21.8. The minimum Gasteiger partial charge on any atom is -0.491 e. The lowest BCUT2D eigenvalue weighted by atomic mass is 9.88. The van der Waals surface area contributed by atoms with Crippen molar-refractivity contribution >= 4 is 25.9 Å². The molecule has 5 rings (SSSR count). The average Bonchev–Trinajstić information content (AvgIpc) is 3.37. The number of piperidine rings is 1. The van der Waals surface area contributed by atoms with E-state index in [9.17, 15) is 21.9 Å². The maximum atomic E-state index is 13.2. The van der Waals surface area contributed by atoms with Gasteiger partial charge in [0.15, 0.2) is 11.6 Å². The molecule has 4 heterocycles. The number of aliphatic hydroxyl groups is 1. The van der Waals surface area contributed by atoms with Crippen molar-refractivity contribution in [1.29, 1.82) is 0 Å². The molecular weight excluding hydrogens is 562 g/mol. The molecule has 13 nitrogen and oxygen atoms in total. The van der Waals surface area contributed by atoms with E-state index in [1.807, 2.05) is 0 Å². The molecule has 1 spiro atoms. The molecule has 220 valence electrons. The third kappa shape index (κ3) is 6.35. The fraction of sp³-hybridized carbons (Fsp3) is 0.560. The van der Waals surface area contributed by atoms with E-state index in [0.717, 1.165) is 0 Å². The maximum absolute atomic E-state index is 13.2. The first kappa shape index (κ1) is 29.0. The quantitative estimate of drug-likeness (QED) is 0.294. The lowest BCUT2D eigenvalue weighted by Crippen LogP contribution is -2.47. The fourth-order valence-electron chi connectivity index (χ4n) is 5.15.